The Morgan fingerprint density at radius 3 is 2.51 bits per heavy atom. The fourth-order valence-electron chi connectivity index (χ4n) is 3.35. The molecule has 1 N–H and O–H groups in total. The second-order valence-corrected chi connectivity index (χ2v) is 8.80. The molecule has 0 fully saturated rings. The van der Waals surface area contributed by atoms with Gasteiger partial charge in [0, 0.05) is 15.6 Å². The summed E-state index contributed by atoms with van der Waals surface area (Å²) in [5.41, 5.74) is 1.57. The molecule has 0 spiro atoms. The number of nitrogens with zero attached hydrogens (tertiary/aromatic N) is 3. The molecule has 0 saturated heterocycles. The van der Waals surface area contributed by atoms with E-state index in [-0.39, 0.29) is 11.3 Å². The Morgan fingerprint density at radius 1 is 1.09 bits per heavy atom. The van der Waals surface area contributed by atoms with Crippen molar-refractivity contribution >= 4 is 54.9 Å². The molecule has 0 amide bonds. The van der Waals surface area contributed by atoms with E-state index in [4.69, 9.17) is 14.6 Å². The van der Waals surface area contributed by atoms with Crippen molar-refractivity contribution in [1.82, 2.24) is 9.66 Å². The molecule has 1 heterocycles. The van der Waals surface area contributed by atoms with Crippen LogP contribution in [0.2, 0.25) is 0 Å². The van der Waals surface area contributed by atoms with Crippen LogP contribution in [0.1, 0.15) is 12.5 Å². The average molecular weight is 601 g/mol. The van der Waals surface area contributed by atoms with Crippen LogP contribution in [0.4, 0.5) is 0 Å². The number of halogens is 2. The molecule has 0 saturated carbocycles. The van der Waals surface area contributed by atoms with Crippen LogP contribution in [0.25, 0.3) is 22.3 Å². The normalized spacial score (nSPS) is 11.2. The van der Waals surface area contributed by atoms with Crippen LogP contribution in [0.15, 0.2) is 79.5 Å². The summed E-state index contributed by atoms with van der Waals surface area (Å²) in [5, 5.41) is 13.9. The number of hydrogen-bond acceptors (Lipinski definition) is 6. The molecule has 0 unspecified atom stereocenters. The first-order valence-corrected chi connectivity index (χ1v) is 12.1. The van der Waals surface area contributed by atoms with Crippen molar-refractivity contribution in [1.29, 1.82) is 0 Å². The molecule has 0 aliphatic carbocycles. The van der Waals surface area contributed by atoms with Gasteiger partial charge in [0.25, 0.3) is 5.56 Å². The van der Waals surface area contributed by atoms with E-state index in [0.29, 0.717) is 43.6 Å². The average Bonchev–Trinajstić information content (AvgIpc) is 2.86. The molecule has 1 aromatic heterocycles. The van der Waals surface area contributed by atoms with Crippen LogP contribution in [-0.4, -0.2) is 40.2 Å². The van der Waals surface area contributed by atoms with Gasteiger partial charge in [-0.2, -0.15) is 9.78 Å². The summed E-state index contributed by atoms with van der Waals surface area (Å²) in [5.74, 6) is -0.143. The predicted molar refractivity (Wildman–Crippen MR) is 141 cm³/mol. The Balaban J connectivity index is 1.86. The van der Waals surface area contributed by atoms with Crippen molar-refractivity contribution in [2.75, 3.05) is 13.2 Å². The van der Waals surface area contributed by atoms with Crippen molar-refractivity contribution in [3.8, 4) is 22.9 Å². The molecule has 0 aliphatic rings. The second kappa shape index (κ2) is 10.8. The zero-order valence-corrected chi connectivity index (χ0v) is 21.6. The molecule has 4 aromatic rings. The number of carboxylic acid groups (broad SMARTS) is 1. The molecule has 0 aliphatic heterocycles. The number of ether oxygens (including phenoxy) is 2. The Hall–Kier alpha value is -3.50. The van der Waals surface area contributed by atoms with Crippen LogP contribution < -0.4 is 15.0 Å². The largest absolute Gasteiger partial charge is 0.490 e. The fourth-order valence-corrected chi connectivity index (χ4v) is 4.29. The maximum Gasteiger partial charge on any atom is 0.341 e. The van der Waals surface area contributed by atoms with Crippen molar-refractivity contribution in [3.05, 3.63) is 85.5 Å². The highest BCUT2D eigenvalue weighted by Crippen LogP contribution is 2.42. The van der Waals surface area contributed by atoms with Crippen molar-refractivity contribution in [2.45, 2.75) is 6.92 Å². The van der Waals surface area contributed by atoms with Crippen LogP contribution in [-0.2, 0) is 4.79 Å². The van der Waals surface area contributed by atoms with Crippen LogP contribution in [0.3, 0.4) is 0 Å². The summed E-state index contributed by atoms with van der Waals surface area (Å²) in [6.07, 6.45) is 1.50. The second-order valence-electron chi connectivity index (χ2n) is 7.22. The smallest absolute Gasteiger partial charge is 0.341 e. The van der Waals surface area contributed by atoms with Crippen LogP contribution in [0, 0.1) is 0 Å². The highest BCUT2D eigenvalue weighted by atomic mass is 79.9. The van der Waals surface area contributed by atoms with E-state index in [1.165, 1.54) is 10.9 Å². The number of carboxylic acids is 1. The third kappa shape index (κ3) is 5.28. The lowest BCUT2D eigenvalue weighted by molar-refractivity contribution is -0.139. The van der Waals surface area contributed by atoms with Crippen LogP contribution >= 0.6 is 31.9 Å². The van der Waals surface area contributed by atoms with E-state index >= 15 is 0 Å². The Morgan fingerprint density at radius 2 is 1.80 bits per heavy atom. The molecule has 0 atom stereocenters. The van der Waals surface area contributed by atoms with Gasteiger partial charge >= 0.3 is 5.97 Å². The zero-order valence-electron chi connectivity index (χ0n) is 18.4. The first kappa shape index (κ1) is 24.6. The molecular weight excluding hydrogens is 582 g/mol. The van der Waals surface area contributed by atoms with E-state index in [1.807, 2.05) is 36.4 Å². The molecule has 10 heteroatoms. The number of carbonyl (C=O) groups is 1. The lowest BCUT2D eigenvalue weighted by Gasteiger charge is -2.15. The van der Waals surface area contributed by atoms with Gasteiger partial charge in [0.15, 0.2) is 23.9 Å². The number of rotatable bonds is 8. The van der Waals surface area contributed by atoms with Crippen molar-refractivity contribution < 1.29 is 19.4 Å². The molecule has 4 rings (SSSR count). The summed E-state index contributed by atoms with van der Waals surface area (Å²) in [7, 11) is 0. The molecule has 8 nitrogen and oxygen atoms in total. The minimum Gasteiger partial charge on any atom is -0.490 e. The Kier molecular flexibility index (Phi) is 7.62. The highest BCUT2D eigenvalue weighted by molar-refractivity contribution is 9.13. The summed E-state index contributed by atoms with van der Waals surface area (Å²) in [6.45, 7) is 1.61. The van der Waals surface area contributed by atoms with Gasteiger partial charge in [0.1, 0.15) is 0 Å². The van der Waals surface area contributed by atoms with E-state index in [0.717, 1.165) is 5.56 Å². The van der Waals surface area contributed by atoms with Crippen molar-refractivity contribution in [3.63, 3.8) is 0 Å². The van der Waals surface area contributed by atoms with E-state index in [9.17, 15) is 9.59 Å². The van der Waals surface area contributed by atoms with Crippen LogP contribution in [0.5, 0.6) is 11.5 Å². The minimum atomic E-state index is -1.11. The standard InChI is InChI=1S/C25H19Br2N3O5/c1-2-34-19-12-16(21(26)22(27)23(19)35-14-20(31)32)13-28-30-24(15-8-4-3-5-9-15)29-18-11-7-6-10-17(18)25(30)33/h3-13H,2,14H2,1H3,(H,31,32). The third-order valence-electron chi connectivity index (χ3n) is 4.89. The maximum atomic E-state index is 13.4. The Labute approximate surface area is 217 Å². The number of hydrogen-bond donors (Lipinski definition) is 1. The SMILES string of the molecule is CCOc1cc(C=Nn2c(-c3ccccc3)nc3ccccc3c2=O)c(Br)c(Br)c1OCC(=O)O. The van der Waals surface area contributed by atoms with E-state index in [2.05, 4.69) is 41.9 Å². The molecule has 178 valence electrons. The number of aliphatic carboxylic acids is 1. The summed E-state index contributed by atoms with van der Waals surface area (Å²) in [4.78, 5) is 29.0. The summed E-state index contributed by atoms with van der Waals surface area (Å²) < 4.78 is 13.3. The lowest BCUT2D eigenvalue weighted by atomic mass is 10.2. The molecule has 3 aromatic carbocycles. The predicted octanol–water partition coefficient (Wildman–Crippen LogP) is 5.33. The molecule has 35 heavy (non-hydrogen) atoms. The number of para-hydroxylation sites is 1. The lowest BCUT2D eigenvalue weighted by Crippen LogP contribution is -2.20. The number of benzene rings is 3. The van der Waals surface area contributed by atoms with Crippen molar-refractivity contribution in [2.24, 2.45) is 5.10 Å². The molecule has 0 bridgehead atoms. The highest BCUT2D eigenvalue weighted by Gasteiger charge is 2.18. The van der Waals surface area contributed by atoms with E-state index < -0.39 is 12.6 Å². The first-order valence-electron chi connectivity index (χ1n) is 10.5. The third-order valence-corrected chi connectivity index (χ3v) is 7.04. The quantitative estimate of drug-likeness (QED) is 0.274. The van der Waals surface area contributed by atoms with Gasteiger partial charge in [-0.25, -0.2) is 9.78 Å². The topological polar surface area (TPSA) is 103 Å². The van der Waals surface area contributed by atoms with E-state index in [1.54, 1.807) is 31.2 Å². The minimum absolute atomic E-state index is 0.243. The van der Waals surface area contributed by atoms with Gasteiger partial charge in [-0.1, -0.05) is 42.5 Å². The monoisotopic (exact) mass is 599 g/mol. The van der Waals surface area contributed by atoms with Gasteiger partial charge in [0.05, 0.1) is 28.2 Å². The van der Waals surface area contributed by atoms with Gasteiger partial charge < -0.3 is 14.6 Å². The first-order chi connectivity index (χ1) is 16.9. The van der Waals surface area contributed by atoms with Gasteiger partial charge in [-0.05, 0) is 57.0 Å². The molecule has 0 radical (unpaired) electrons. The zero-order chi connectivity index (χ0) is 24.9. The Bertz CT molecular complexity index is 1490. The number of aromatic nitrogens is 2. The summed E-state index contributed by atoms with van der Waals surface area (Å²) >= 11 is 6.93. The van der Waals surface area contributed by atoms with Gasteiger partial charge in [0.2, 0.25) is 0 Å². The molecular formula is C25H19Br2N3O5. The number of fused-ring (bicyclic) bond motifs is 1. The van der Waals surface area contributed by atoms with Gasteiger partial charge in [-0.15, -0.1) is 0 Å². The summed E-state index contributed by atoms with van der Waals surface area (Å²) in [6, 6.07) is 18.1. The maximum absolute atomic E-state index is 13.4. The fraction of sp³-hybridized carbons (Fsp3) is 0.120. The van der Waals surface area contributed by atoms with Gasteiger partial charge in [-0.3, -0.25) is 4.79 Å².